The quantitative estimate of drug-likeness (QED) is 0.373. The molecule has 34 heavy (non-hydrogen) atoms. The fourth-order valence-corrected chi connectivity index (χ4v) is 3.63. The molecule has 0 fully saturated rings. The minimum Gasteiger partial charge on any atom is -0.382 e. The Hall–Kier alpha value is -3.69. The van der Waals surface area contributed by atoms with Crippen molar-refractivity contribution in [3.05, 3.63) is 76.7 Å². The van der Waals surface area contributed by atoms with Gasteiger partial charge in [0.05, 0.1) is 16.2 Å². The minimum absolute atomic E-state index is 0.0188. The lowest BCUT2D eigenvalue weighted by Crippen LogP contribution is -2.19. The van der Waals surface area contributed by atoms with Gasteiger partial charge >= 0.3 is 0 Å². The van der Waals surface area contributed by atoms with Crippen LogP contribution in [0.4, 0.5) is 10.1 Å². The number of hydrogen-bond donors (Lipinski definition) is 3. The highest BCUT2D eigenvalue weighted by molar-refractivity contribution is 6.34. The number of aliphatic hydroxyl groups is 1. The fraction of sp³-hybridized carbons (Fsp3) is 0.208. The number of carbonyl (C=O) groups excluding carboxylic acids is 1. The second kappa shape index (κ2) is 8.92. The first kappa shape index (κ1) is 23.5. The molecule has 1 amide bonds. The van der Waals surface area contributed by atoms with Crippen molar-refractivity contribution in [1.29, 1.82) is 0 Å². The Kier molecular flexibility index (Phi) is 6.16. The average Bonchev–Trinajstić information content (AvgIpc) is 2.80. The van der Waals surface area contributed by atoms with E-state index in [1.54, 1.807) is 32.0 Å². The van der Waals surface area contributed by atoms with Gasteiger partial charge < -0.3 is 16.2 Å². The lowest BCUT2D eigenvalue weighted by molar-refractivity contribution is 0.0687. The Bertz CT molecular complexity index is 1390. The van der Waals surface area contributed by atoms with Crippen LogP contribution in [0, 0.1) is 5.82 Å². The van der Waals surface area contributed by atoms with Crippen LogP contribution < -0.4 is 11.1 Å². The zero-order valence-corrected chi connectivity index (χ0v) is 19.4. The molecule has 4 rings (SSSR count). The van der Waals surface area contributed by atoms with Crippen molar-refractivity contribution in [2.75, 3.05) is 5.32 Å². The molecule has 1 aromatic carbocycles. The summed E-state index contributed by atoms with van der Waals surface area (Å²) in [5.74, 6) is -0.923. The Balaban J connectivity index is 1.76. The number of rotatable bonds is 6. The molecule has 4 N–H and O–H groups in total. The van der Waals surface area contributed by atoms with Crippen molar-refractivity contribution in [2.24, 2.45) is 5.73 Å². The highest BCUT2D eigenvalue weighted by Crippen LogP contribution is 2.34. The second-order valence-corrected chi connectivity index (χ2v) is 8.78. The zero-order valence-electron chi connectivity index (χ0n) is 18.7. The van der Waals surface area contributed by atoms with Crippen LogP contribution >= 0.6 is 11.6 Å². The van der Waals surface area contributed by atoms with Crippen molar-refractivity contribution in [1.82, 2.24) is 19.9 Å². The van der Waals surface area contributed by atoms with Crippen molar-refractivity contribution in [3.63, 3.8) is 0 Å². The SMILES string of the molecule is C[C@@H](Nc1c(Cl)cnc2cc(F)c(-c3cnc(C(C)(C)O)nc3)nc12)c1cccc(C(N)=O)c1. The first-order valence-electron chi connectivity index (χ1n) is 10.4. The maximum atomic E-state index is 14.9. The Labute approximate surface area is 200 Å². The van der Waals surface area contributed by atoms with E-state index in [-0.39, 0.29) is 17.6 Å². The van der Waals surface area contributed by atoms with Crippen LogP contribution in [0.3, 0.4) is 0 Å². The average molecular weight is 481 g/mol. The predicted octanol–water partition coefficient (Wildman–Crippen LogP) is 4.38. The molecule has 8 nitrogen and oxygen atoms in total. The summed E-state index contributed by atoms with van der Waals surface area (Å²) in [4.78, 5) is 28.5. The van der Waals surface area contributed by atoms with Crippen molar-refractivity contribution in [3.8, 4) is 11.3 Å². The van der Waals surface area contributed by atoms with Gasteiger partial charge in [0, 0.05) is 41.8 Å². The van der Waals surface area contributed by atoms with Crippen LogP contribution in [0.1, 0.15) is 48.6 Å². The molecule has 0 aliphatic carbocycles. The molecule has 0 saturated carbocycles. The Morgan fingerprint density at radius 2 is 1.88 bits per heavy atom. The van der Waals surface area contributed by atoms with Crippen LogP contribution in [-0.4, -0.2) is 30.9 Å². The van der Waals surface area contributed by atoms with Crippen LogP contribution in [0.2, 0.25) is 5.02 Å². The number of benzene rings is 1. The van der Waals surface area contributed by atoms with E-state index in [0.29, 0.717) is 32.9 Å². The van der Waals surface area contributed by atoms with Gasteiger partial charge in [-0.25, -0.2) is 19.3 Å². The number of aromatic nitrogens is 4. The lowest BCUT2D eigenvalue weighted by Gasteiger charge is -2.19. The molecule has 3 heterocycles. The number of nitrogens with zero attached hydrogens (tertiary/aromatic N) is 4. The van der Waals surface area contributed by atoms with Gasteiger partial charge in [-0.05, 0) is 38.5 Å². The number of halogens is 2. The summed E-state index contributed by atoms with van der Waals surface area (Å²) >= 11 is 6.44. The normalized spacial score (nSPS) is 12.5. The monoisotopic (exact) mass is 480 g/mol. The largest absolute Gasteiger partial charge is 0.382 e. The van der Waals surface area contributed by atoms with Crippen molar-refractivity contribution in [2.45, 2.75) is 32.4 Å². The number of pyridine rings is 2. The Morgan fingerprint density at radius 3 is 2.53 bits per heavy atom. The van der Waals surface area contributed by atoms with E-state index < -0.39 is 17.3 Å². The van der Waals surface area contributed by atoms with Gasteiger partial charge in [0.1, 0.15) is 16.8 Å². The van der Waals surface area contributed by atoms with Crippen LogP contribution in [0.5, 0.6) is 0 Å². The molecule has 4 aromatic rings. The summed E-state index contributed by atoms with van der Waals surface area (Å²) in [6, 6.07) is 7.89. The van der Waals surface area contributed by atoms with Gasteiger partial charge in [-0.3, -0.25) is 9.78 Å². The van der Waals surface area contributed by atoms with Crippen molar-refractivity contribution < 1.29 is 14.3 Å². The van der Waals surface area contributed by atoms with Crippen molar-refractivity contribution >= 4 is 34.2 Å². The van der Waals surface area contributed by atoms with E-state index in [2.05, 4.69) is 25.3 Å². The third-order valence-electron chi connectivity index (χ3n) is 5.25. The molecule has 0 aliphatic rings. The summed E-state index contributed by atoms with van der Waals surface area (Å²) in [5.41, 5.74) is 6.82. The van der Waals surface area contributed by atoms with E-state index in [4.69, 9.17) is 17.3 Å². The van der Waals surface area contributed by atoms with Gasteiger partial charge in [0.15, 0.2) is 11.6 Å². The Morgan fingerprint density at radius 1 is 1.18 bits per heavy atom. The number of primary amides is 1. The van der Waals surface area contributed by atoms with E-state index in [0.717, 1.165) is 5.56 Å². The number of hydrogen-bond acceptors (Lipinski definition) is 7. The molecule has 174 valence electrons. The molecule has 10 heteroatoms. The first-order valence-corrected chi connectivity index (χ1v) is 10.8. The zero-order chi connectivity index (χ0) is 24.6. The number of amides is 1. The first-order chi connectivity index (χ1) is 16.0. The van der Waals surface area contributed by atoms with E-state index >= 15 is 0 Å². The number of fused-ring (bicyclic) bond motifs is 1. The molecular formula is C24H22ClFN6O2. The third-order valence-corrected chi connectivity index (χ3v) is 5.54. The fourth-order valence-electron chi connectivity index (χ4n) is 3.43. The smallest absolute Gasteiger partial charge is 0.248 e. The highest BCUT2D eigenvalue weighted by Gasteiger charge is 2.21. The molecule has 0 spiro atoms. The van der Waals surface area contributed by atoms with E-state index in [9.17, 15) is 14.3 Å². The standard InChI is InChI=1S/C24H22ClFN6O2/c1-12(13-5-4-6-14(7-13)22(27)33)31-20-16(25)11-28-18-8-17(26)19(32-21(18)20)15-9-29-23(30-10-15)24(2,3)34/h4-12,34H,1-3H3,(H2,27,33)(H,28,31)/t12-/m1/s1. The highest BCUT2D eigenvalue weighted by atomic mass is 35.5. The topological polar surface area (TPSA) is 127 Å². The maximum absolute atomic E-state index is 14.9. The number of anilines is 1. The number of nitrogens with two attached hydrogens (primary N) is 1. The molecule has 0 unspecified atom stereocenters. The lowest BCUT2D eigenvalue weighted by atomic mass is 10.0. The minimum atomic E-state index is -1.23. The molecule has 0 bridgehead atoms. The van der Waals surface area contributed by atoms with Gasteiger partial charge in [0.2, 0.25) is 5.91 Å². The maximum Gasteiger partial charge on any atom is 0.248 e. The molecule has 0 radical (unpaired) electrons. The molecular weight excluding hydrogens is 459 g/mol. The van der Waals surface area contributed by atoms with Gasteiger partial charge in [-0.15, -0.1) is 0 Å². The third kappa shape index (κ3) is 4.66. The summed E-state index contributed by atoms with van der Waals surface area (Å²) in [6.07, 6.45) is 4.22. The summed E-state index contributed by atoms with van der Waals surface area (Å²) in [5, 5.41) is 13.7. The van der Waals surface area contributed by atoms with Crippen LogP contribution in [0.15, 0.2) is 48.9 Å². The van der Waals surface area contributed by atoms with E-state index in [1.165, 1.54) is 24.7 Å². The number of carbonyl (C=O) groups is 1. The van der Waals surface area contributed by atoms with E-state index in [1.807, 2.05) is 13.0 Å². The van der Waals surface area contributed by atoms with Gasteiger partial charge in [-0.1, -0.05) is 23.7 Å². The van der Waals surface area contributed by atoms with Gasteiger partial charge in [0.25, 0.3) is 0 Å². The van der Waals surface area contributed by atoms with Crippen LogP contribution in [0.25, 0.3) is 22.3 Å². The molecule has 3 aromatic heterocycles. The molecule has 1 atom stereocenters. The van der Waals surface area contributed by atoms with Gasteiger partial charge in [-0.2, -0.15) is 0 Å². The number of nitrogens with one attached hydrogen (secondary N) is 1. The van der Waals surface area contributed by atoms with Crippen LogP contribution in [-0.2, 0) is 5.60 Å². The second-order valence-electron chi connectivity index (χ2n) is 8.38. The summed E-state index contributed by atoms with van der Waals surface area (Å²) in [6.45, 7) is 5.00. The molecule has 0 saturated heterocycles. The predicted molar refractivity (Wildman–Crippen MR) is 128 cm³/mol. The summed E-state index contributed by atoms with van der Waals surface area (Å²) < 4.78 is 14.9. The molecule has 0 aliphatic heterocycles. The summed E-state index contributed by atoms with van der Waals surface area (Å²) in [7, 11) is 0.